The van der Waals surface area contributed by atoms with Gasteiger partial charge in [0.25, 0.3) is 11.8 Å². The monoisotopic (exact) mass is 663 g/mol. The van der Waals surface area contributed by atoms with E-state index >= 15 is 0 Å². The number of hydrogen-bond donors (Lipinski definition) is 3. The fourth-order valence-corrected chi connectivity index (χ4v) is 7.22. The Morgan fingerprint density at radius 3 is 1.64 bits per heavy atom. The highest BCUT2D eigenvalue weighted by atomic mass is 16.6. The maximum Gasteiger partial charge on any atom is 0.411 e. The lowest BCUT2D eigenvalue weighted by Gasteiger charge is -2.57. The Kier molecular flexibility index (Phi) is 10.0. The summed E-state index contributed by atoms with van der Waals surface area (Å²) in [5.74, 6) is -2.69. The number of ether oxygens (including phenoxy) is 2. The summed E-state index contributed by atoms with van der Waals surface area (Å²) >= 11 is 0. The number of hydrogen-bond acceptors (Lipinski definition) is 9. The molecule has 4 aliphatic heterocycles. The van der Waals surface area contributed by atoms with Gasteiger partial charge in [0.2, 0.25) is 17.7 Å². The van der Waals surface area contributed by atoms with Gasteiger partial charge in [-0.05, 0) is 85.5 Å². The van der Waals surface area contributed by atoms with E-state index in [0.29, 0.717) is 51.6 Å². The van der Waals surface area contributed by atoms with E-state index < -0.39 is 64.1 Å². The predicted molar refractivity (Wildman–Crippen MR) is 166 cm³/mol. The second-order valence-corrected chi connectivity index (χ2v) is 14.5. The van der Waals surface area contributed by atoms with Crippen LogP contribution in [-0.2, 0) is 33.4 Å². The van der Waals surface area contributed by atoms with Gasteiger partial charge in [-0.1, -0.05) is 0 Å². The number of piperidine rings is 2. The summed E-state index contributed by atoms with van der Waals surface area (Å²) in [6, 6.07) is -1.00. The van der Waals surface area contributed by atoms with Gasteiger partial charge in [0.05, 0.1) is 19.6 Å². The summed E-state index contributed by atoms with van der Waals surface area (Å²) in [6.45, 7) is 7.74. The first kappa shape index (κ1) is 35.7. The van der Waals surface area contributed by atoms with E-state index in [1.54, 1.807) is 27.7 Å². The molecule has 4 fully saturated rings. The van der Waals surface area contributed by atoms with E-state index in [4.69, 9.17) is 26.7 Å². The Morgan fingerprint density at radius 1 is 0.745 bits per heavy atom. The lowest BCUT2D eigenvalue weighted by Crippen LogP contribution is -2.78. The molecule has 0 saturated carbocycles. The van der Waals surface area contributed by atoms with Crippen molar-refractivity contribution in [2.24, 2.45) is 17.2 Å². The van der Waals surface area contributed by atoms with E-state index in [-0.39, 0.29) is 38.4 Å². The summed E-state index contributed by atoms with van der Waals surface area (Å²) in [5.41, 5.74) is 11.8. The number of amides is 7. The second-order valence-electron chi connectivity index (χ2n) is 14.5. The molecule has 16 nitrogen and oxygen atoms in total. The molecule has 16 heteroatoms. The van der Waals surface area contributed by atoms with Gasteiger partial charge >= 0.3 is 12.2 Å². The van der Waals surface area contributed by atoms with Crippen LogP contribution < -0.4 is 17.2 Å². The van der Waals surface area contributed by atoms with Crippen molar-refractivity contribution in [3.63, 3.8) is 0 Å². The van der Waals surface area contributed by atoms with Crippen LogP contribution in [0, 0.1) is 0 Å². The lowest BCUT2D eigenvalue weighted by atomic mass is 9.77. The minimum absolute atomic E-state index is 0.00706. The first-order chi connectivity index (χ1) is 21.8. The third kappa shape index (κ3) is 7.25. The first-order valence-electron chi connectivity index (χ1n) is 16.3. The van der Waals surface area contributed by atoms with E-state index in [1.807, 2.05) is 0 Å². The summed E-state index contributed by atoms with van der Waals surface area (Å²) in [4.78, 5) is 93.8. The molecule has 0 aromatic heterocycles. The molecular weight excluding hydrogens is 614 g/mol. The molecule has 6 N–H and O–H groups in total. The molecule has 0 aliphatic carbocycles. The summed E-state index contributed by atoms with van der Waals surface area (Å²) < 4.78 is 11.8. The van der Waals surface area contributed by atoms with Crippen LogP contribution in [0.15, 0.2) is 0 Å². The molecule has 0 bridgehead atoms. The molecule has 4 rings (SSSR count). The van der Waals surface area contributed by atoms with Crippen LogP contribution >= 0.6 is 0 Å². The van der Waals surface area contributed by atoms with Crippen LogP contribution in [0.1, 0.15) is 91.9 Å². The smallest absolute Gasteiger partial charge is 0.411 e. The Hall–Kier alpha value is -4.11. The Labute approximate surface area is 274 Å². The largest absolute Gasteiger partial charge is 0.443 e. The van der Waals surface area contributed by atoms with E-state index in [1.165, 1.54) is 19.6 Å². The maximum absolute atomic E-state index is 13.6. The van der Waals surface area contributed by atoms with Gasteiger partial charge in [0.1, 0.15) is 28.3 Å². The molecule has 262 valence electrons. The number of likely N-dealkylation sites (tertiary alicyclic amines) is 4. The summed E-state index contributed by atoms with van der Waals surface area (Å²) in [7, 11) is 0. The van der Waals surface area contributed by atoms with Crippen LogP contribution in [0.3, 0.4) is 0 Å². The minimum Gasteiger partial charge on any atom is -0.443 e. The zero-order chi connectivity index (χ0) is 34.9. The molecule has 4 heterocycles. The predicted octanol–water partition coefficient (Wildman–Crippen LogP) is 0.336. The summed E-state index contributed by atoms with van der Waals surface area (Å²) in [6.07, 6.45) is 3.01. The van der Waals surface area contributed by atoms with Crippen molar-refractivity contribution in [1.82, 2.24) is 19.6 Å². The Balaban J connectivity index is 1.35. The Bertz CT molecular complexity index is 1320. The molecule has 47 heavy (non-hydrogen) atoms. The highest BCUT2D eigenvalue weighted by Crippen LogP contribution is 2.41. The SMILES string of the molecule is CC(C)(CCC(C)(C)OC(=O)N1CCCCC12CN([C@@H](CCC(N)=O)C(N)=O)C2=O)OC(=O)N1CCCCC12CN(CC(N)=O)C2=O. The summed E-state index contributed by atoms with van der Waals surface area (Å²) in [5, 5.41) is 0. The van der Waals surface area contributed by atoms with Crippen LogP contribution in [0.5, 0.6) is 0 Å². The normalized spacial score (nSPS) is 25.3. The van der Waals surface area contributed by atoms with Crippen molar-refractivity contribution >= 4 is 41.7 Å². The van der Waals surface area contributed by atoms with Crippen molar-refractivity contribution < 1.29 is 43.0 Å². The van der Waals surface area contributed by atoms with Gasteiger partial charge in [-0.25, -0.2) is 9.59 Å². The molecule has 0 radical (unpaired) electrons. The highest BCUT2D eigenvalue weighted by molar-refractivity contribution is 5.99. The fraction of sp³-hybridized carbons (Fsp3) is 0.774. The third-order valence-electron chi connectivity index (χ3n) is 9.92. The van der Waals surface area contributed by atoms with Crippen molar-refractivity contribution in [2.75, 3.05) is 32.7 Å². The van der Waals surface area contributed by atoms with Gasteiger partial charge < -0.3 is 36.5 Å². The maximum atomic E-state index is 13.6. The average Bonchev–Trinajstić information content (AvgIpc) is 2.98. The average molecular weight is 664 g/mol. The first-order valence-corrected chi connectivity index (χ1v) is 16.3. The van der Waals surface area contributed by atoms with Crippen molar-refractivity contribution in [3.8, 4) is 0 Å². The van der Waals surface area contributed by atoms with Gasteiger partial charge in [-0.3, -0.25) is 33.8 Å². The van der Waals surface area contributed by atoms with Crippen LogP contribution in [0.4, 0.5) is 9.59 Å². The highest BCUT2D eigenvalue weighted by Gasteiger charge is 2.61. The minimum atomic E-state index is -1.16. The van der Waals surface area contributed by atoms with E-state index in [2.05, 4.69) is 0 Å². The second kappa shape index (κ2) is 13.2. The van der Waals surface area contributed by atoms with Crippen LogP contribution in [0.2, 0.25) is 0 Å². The van der Waals surface area contributed by atoms with E-state index in [9.17, 15) is 33.6 Å². The molecule has 2 unspecified atom stereocenters. The zero-order valence-corrected chi connectivity index (χ0v) is 27.9. The number of β-lactam (4-membered cyclic amide) rings is 2. The van der Waals surface area contributed by atoms with Crippen molar-refractivity contribution in [2.45, 2.75) is 120 Å². The number of carbonyl (C=O) groups is 7. The van der Waals surface area contributed by atoms with Crippen LogP contribution in [0.25, 0.3) is 0 Å². The van der Waals surface area contributed by atoms with Gasteiger partial charge in [0, 0.05) is 19.5 Å². The standard InChI is InChI=1S/C31H49N7O9/c1-28(2,46-26(44)37-15-7-5-11-30(37)18-35(24(30)42)17-22(33)40)13-14-29(3,4)47-27(45)38-16-8-6-12-31(38)19-36(25(31)43)20(23(34)41)9-10-21(32)39/h20H,5-19H2,1-4H3,(H2,32,39)(H2,33,40)(H2,34,41)/t20-,30?,31?/m0/s1. The topological polar surface area (TPSA) is 229 Å². The molecular formula is C31H49N7O9. The van der Waals surface area contributed by atoms with E-state index in [0.717, 1.165) is 12.8 Å². The number of nitrogens with two attached hydrogens (primary N) is 3. The lowest BCUT2D eigenvalue weighted by molar-refractivity contribution is -0.174. The van der Waals surface area contributed by atoms with Crippen molar-refractivity contribution in [1.29, 1.82) is 0 Å². The molecule has 7 amide bonds. The quantitative estimate of drug-likeness (QED) is 0.244. The van der Waals surface area contributed by atoms with Gasteiger partial charge in [-0.15, -0.1) is 0 Å². The number of carbonyl (C=O) groups excluding carboxylic acids is 7. The number of primary amides is 3. The van der Waals surface area contributed by atoms with Crippen LogP contribution in [-0.4, -0.2) is 122 Å². The fourth-order valence-electron chi connectivity index (χ4n) is 7.22. The molecule has 4 aliphatic rings. The van der Waals surface area contributed by atoms with Gasteiger partial charge in [-0.2, -0.15) is 0 Å². The van der Waals surface area contributed by atoms with Gasteiger partial charge in [0.15, 0.2) is 0 Å². The molecule has 4 saturated heterocycles. The number of nitrogens with zero attached hydrogens (tertiary/aromatic N) is 4. The molecule has 0 aromatic rings. The number of rotatable bonds is 12. The molecule has 3 atom stereocenters. The van der Waals surface area contributed by atoms with Crippen molar-refractivity contribution in [3.05, 3.63) is 0 Å². The third-order valence-corrected chi connectivity index (χ3v) is 9.92. The molecule has 2 spiro atoms. The molecule has 0 aromatic carbocycles. The zero-order valence-electron chi connectivity index (χ0n) is 27.9. The Morgan fingerprint density at radius 2 is 1.23 bits per heavy atom.